The van der Waals surface area contributed by atoms with Crippen molar-refractivity contribution in [1.82, 2.24) is 15.0 Å². The standard InChI is InChI=1S/C35H41N3O/c1-2-3-4-5-6-7-8-9-10-17-26-35(38-32-22-15-14-21-31(32)36-37-38)29-20-13-16-23-33(29)39-34-28-19-12-11-18-27(28)24-25-30(34)35/h11-16,18-23H,2-10,17,24-26H2,1H3. The summed E-state index contributed by atoms with van der Waals surface area (Å²) in [5, 5.41) is 9.52. The van der Waals surface area contributed by atoms with Crippen LogP contribution in [0.15, 0.2) is 78.4 Å². The Kier molecular flexibility index (Phi) is 7.81. The Bertz CT molecular complexity index is 1450. The molecule has 39 heavy (non-hydrogen) atoms. The monoisotopic (exact) mass is 519 g/mol. The van der Waals surface area contributed by atoms with E-state index in [4.69, 9.17) is 9.95 Å². The first-order valence-corrected chi connectivity index (χ1v) is 15.2. The number of hydrogen-bond donors (Lipinski definition) is 0. The second-order valence-electron chi connectivity index (χ2n) is 11.3. The van der Waals surface area contributed by atoms with Crippen LogP contribution in [0.5, 0.6) is 5.75 Å². The molecular weight excluding hydrogens is 478 g/mol. The van der Waals surface area contributed by atoms with Crippen molar-refractivity contribution in [3.8, 4) is 5.75 Å². The predicted molar refractivity (Wildman–Crippen MR) is 160 cm³/mol. The van der Waals surface area contributed by atoms with Crippen molar-refractivity contribution in [1.29, 1.82) is 0 Å². The van der Waals surface area contributed by atoms with Crippen LogP contribution in [0, 0.1) is 0 Å². The zero-order valence-corrected chi connectivity index (χ0v) is 23.4. The van der Waals surface area contributed by atoms with Gasteiger partial charge in [0.25, 0.3) is 0 Å². The summed E-state index contributed by atoms with van der Waals surface area (Å²) in [6.45, 7) is 2.29. The molecule has 1 aromatic heterocycles. The SMILES string of the molecule is CCCCCCCCCCCCC1(n2nnc3ccccc32)C2=C(Oc3ccccc31)c1ccccc1CC2. The second-order valence-corrected chi connectivity index (χ2v) is 11.3. The fraction of sp³-hybridized carbons (Fsp3) is 0.429. The summed E-state index contributed by atoms with van der Waals surface area (Å²) in [7, 11) is 0. The van der Waals surface area contributed by atoms with Gasteiger partial charge in [0.2, 0.25) is 0 Å². The number of allylic oxidation sites excluding steroid dienone is 1. The maximum atomic E-state index is 6.75. The van der Waals surface area contributed by atoms with Gasteiger partial charge in [0, 0.05) is 16.7 Å². The third kappa shape index (κ3) is 4.90. The number of rotatable bonds is 12. The molecule has 0 spiro atoms. The van der Waals surface area contributed by atoms with Crippen LogP contribution < -0.4 is 4.74 Å². The van der Waals surface area contributed by atoms with Crippen LogP contribution >= 0.6 is 0 Å². The number of fused-ring (bicyclic) bond motifs is 4. The van der Waals surface area contributed by atoms with Gasteiger partial charge < -0.3 is 4.74 Å². The summed E-state index contributed by atoms with van der Waals surface area (Å²) in [6, 6.07) is 25.8. The highest BCUT2D eigenvalue weighted by Crippen LogP contribution is 2.53. The molecule has 2 aliphatic rings. The molecule has 0 N–H and O–H groups in total. The first kappa shape index (κ1) is 25.9. The minimum absolute atomic E-state index is 0.409. The number of aryl methyl sites for hydroxylation is 1. The normalized spacial score (nSPS) is 18.0. The van der Waals surface area contributed by atoms with Crippen LogP contribution in [0.25, 0.3) is 16.8 Å². The molecule has 0 amide bonds. The minimum Gasteiger partial charge on any atom is -0.456 e. The molecule has 1 unspecified atom stereocenters. The van der Waals surface area contributed by atoms with Gasteiger partial charge in [-0.25, -0.2) is 4.68 Å². The number of benzene rings is 3. The summed E-state index contributed by atoms with van der Waals surface area (Å²) in [5.74, 6) is 1.97. The lowest BCUT2D eigenvalue weighted by molar-refractivity contribution is 0.297. The van der Waals surface area contributed by atoms with Gasteiger partial charge in [0.1, 0.15) is 22.6 Å². The van der Waals surface area contributed by atoms with E-state index < -0.39 is 5.54 Å². The van der Waals surface area contributed by atoms with E-state index in [0.29, 0.717) is 0 Å². The maximum absolute atomic E-state index is 6.75. The summed E-state index contributed by atoms with van der Waals surface area (Å²) < 4.78 is 8.98. The molecule has 202 valence electrons. The second kappa shape index (κ2) is 11.8. The topological polar surface area (TPSA) is 39.9 Å². The minimum atomic E-state index is -0.409. The van der Waals surface area contributed by atoms with Gasteiger partial charge in [0.05, 0.1) is 5.52 Å². The van der Waals surface area contributed by atoms with Crippen LogP contribution in [-0.2, 0) is 12.0 Å². The molecule has 0 bridgehead atoms. The molecule has 4 aromatic rings. The molecule has 2 heterocycles. The lowest BCUT2D eigenvalue weighted by Gasteiger charge is -2.44. The maximum Gasteiger partial charge on any atom is 0.136 e. The number of aromatic nitrogens is 3. The van der Waals surface area contributed by atoms with E-state index in [0.717, 1.165) is 48.2 Å². The molecule has 4 heteroatoms. The highest BCUT2D eigenvalue weighted by molar-refractivity contribution is 5.79. The highest BCUT2D eigenvalue weighted by Gasteiger charge is 2.48. The van der Waals surface area contributed by atoms with Crippen molar-refractivity contribution < 1.29 is 4.74 Å². The molecule has 0 saturated carbocycles. The molecular formula is C35H41N3O. The Morgan fingerprint density at radius 3 is 2.28 bits per heavy atom. The largest absolute Gasteiger partial charge is 0.456 e. The average molecular weight is 520 g/mol. The third-order valence-electron chi connectivity index (χ3n) is 8.83. The van der Waals surface area contributed by atoms with E-state index in [2.05, 4.69) is 89.5 Å². The average Bonchev–Trinajstić information content (AvgIpc) is 3.42. The van der Waals surface area contributed by atoms with Gasteiger partial charge in [-0.3, -0.25) is 0 Å². The molecule has 6 rings (SSSR count). The first-order valence-electron chi connectivity index (χ1n) is 15.2. The summed E-state index contributed by atoms with van der Waals surface area (Å²) in [6.07, 6.45) is 16.3. The smallest absolute Gasteiger partial charge is 0.136 e. The molecule has 1 aliphatic carbocycles. The van der Waals surface area contributed by atoms with Crippen molar-refractivity contribution in [2.45, 2.75) is 95.9 Å². The van der Waals surface area contributed by atoms with Gasteiger partial charge in [-0.2, -0.15) is 0 Å². The van der Waals surface area contributed by atoms with Crippen LogP contribution in [0.4, 0.5) is 0 Å². The Morgan fingerprint density at radius 2 is 1.44 bits per heavy atom. The van der Waals surface area contributed by atoms with Gasteiger partial charge in [0.15, 0.2) is 0 Å². The van der Waals surface area contributed by atoms with E-state index >= 15 is 0 Å². The van der Waals surface area contributed by atoms with Gasteiger partial charge in [-0.05, 0) is 43.0 Å². The molecule has 0 saturated heterocycles. The van der Waals surface area contributed by atoms with Crippen molar-refractivity contribution in [3.05, 3.63) is 95.1 Å². The molecule has 0 fully saturated rings. The molecule has 3 aromatic carbocycles. The summed E-state index contributed by atoms with van der Waals surface area (Å²) >= 11 is 0. The summed E-state index contributed by atoms with van der Waals surface area (Å²) in [4.78, 5) is 0. The number of para-hydroxylation sites is 2. The molecule has 1 atom stereocenters. The van der Waals surface area contributed by atoms with E-state index in [1.54, 1.807) is 0 Å². The lowest BCUT2D eigenvalue weighted by Crippen LogP contribution is -2.42. The quantitative estimate of drug-likeness (QED) is 0.175. The zero-order valence-electron chi connectivity index (χ0n) is 23.4. The lowest BCUT2D eigenvalue weighted by atomic mass is 9.71. The number of hydrogen-bond acceptors (Lipinski definition) is 3. The van der Waals surface area contributed by atoms with E-state index in [-0.39, 0.29) is 0 Å². The number of unbranched alkanes of at least 4 members (excludes halogenated alkanes) is 9. The molecule has 4 nitrogen and oxygen atoms in total. The third-order valence-corrected chi connectivity index (χ3v) is 8.83. The predicted octanol–water partition coefficient (Wildman–Crippen LogP) is 9.24. The van der Waals surface area contributed by atoms with Crippen molar-refractivity contribution in [2.24, 2.45) is 0 Å². The first-order chi connectivity index (χ1) is 19.3. The van der Waals surface area contributed by atoms with Crippen LogP contribution in [0.2, 0.25) is 0 Å². The van der Waals surface area contributed by atoms with Crippen LogP contribution in [0.1, 0.15) is 101 Å². The van der Waals surface area contributed by atoms with Crippen molar-refractivity contribution in [3.63, 3.8) is 0 Å². The van der Waals surface area contributed by atoms with Crippen LogP contribution in [-0.4, -0.2) is 15.0 Å². The number of ether oxygens (including phenoxy) is 1. The Hall–Kier alpha value is -3.40. The fourth-order valence-corrected chi connectivity index (χ4v) is 6.83. The van der Waals surface area contributed by atoms with Gasteiger partial charge in [-0.1, -0.05) is 131 Å². The fourth-order valence-electron chi connectivity index (χ4n) is 6.83. The Morgan fingerprint density at radius 1 is 0.744 bits per heavy atom. The Labute approximate surface area is 233 Å². The van der Waals surface area contributed by atoms with E-state index in [1.165, 1.54) is 80.1 Å². The van der Waals surface area contributed by atoms with Crippen molar-refractivity contribution in [2.75, 3.05) is 0 Å². The number of nitrogens with zero attached hydrogens (tertiary/aromatic N) is 3. The molecule has 1 aliphatic heterocycles. The summed E-state index contributed by atoms with van der Waals surface area (Å²) in [5.41, 5.74) is 6.79. The highest BCUT2D eigenvalue weighted by atomic mass is 16.5. The van der Waals surface area contributed by atoms with Gasteiger partial charge in [-0.15, -0.1) is 5.10 Å². The molecule has 0 radical (unpaired) electrons. The van der Waals surface area contributed by atoms with E-state index in [1.807, 2.05) is 0 Å². The zero-order chi connectivity index (χ0) is 26.5. The van der Waals surface area contributed by atoms with Crippen LogP contribution in [0.3, 0.4) is 0 Å². The van der Waals surface area contributed by atoms with Crippen molar-refractivity contribution >= 4 is 16.8 Å². The van der Waals surface area contributed by atoms with Gasteiger partial charge >= 0.3 is 0 Å². The Balaban J connectivity index is 1.35. The van der Waals surface area contributed by atoms with E-state index in [9.17, 15) is 0 Å².